The summed E-state index contributed by atoms with van der Waals surface area (Å²) >= 11 is 12.2. The molecule has 0 saturated carbocycles. The van der Waals surface area contributed by atoms with Gasteiger partial charge < -0.3 is 19.7 Å². The number of hydrogen-bond donors (Lipinski definition) is 1. The van der Waals surface area contributed by atoms with Crippen LogP contribution in [0, 0.1) is 0 Å². The van der Waals surface area contributed by atoms with Gasteiger partial charge in [0.15, 0.2) is 0 Å². The lowest BCUT2D eigenvalue weighted by Crippen LogP contribution is -2.50. The van der Waals surface area contributed by atoms with E-state index in [0.29, 0.717) is 16.3 Å². The third-order valence-corrected chi connectivity index (χ3v) is 8.54. The summed E-state index contributed by atoms with van der Waals surface area (Å²) in [7, 11) is 0.0659. The van der Waals surface area contributed by atoms with E-state index in [1.807, 2.05) is 0 Å². The number of halogens is 2. The molecule has 3 rings (SSSR count). The van der Waals surface area contributed by atoms with E-state index in [2.05, 4.69) is 5.32 Å². The molecule has 12 heteroatoms. The van der Waals surface area contributed by atoms with Crippen molar-refractivity contribution in [1.82, 2.24) is 10.2 Å². The highest BCUT2D eigenvalue weighted by molar-refractivity contribution is 7.92. The lowest BCUT2D eigenvalue weighted by molar-refractivity contribution is -0.139. The lowest BCUT2D eigenvalue weighted by Gasteiger charge is -2.32. The fourth-order valence-corrected chi connectivity index (χ4v) is 5.60. The molecule has 0 radical (unpaired) electrons. The van der Waals surface area contributed by atoms with Gasteiger partial charge in [0, 0.05) is 13.6 Å². The van der Waals surface area contributed by atoms with Gasteiger partial charge in [-0.05, 0) is 61.0 Å². The lowest BCUT2D eigenvalue weighted by atomic mass is 10.1. The van der Waals surface area contributed by atoms with E-state index < -0.39 is 34.4 Å². The van der Waals surface area contributed by atoms with Gasteiger partial charge in [0.1, 0.15) is 24.1 Å². The smallest absolute Gasteiger partial charge is 0.264 e. The van der Waals surface area contributed by atoms with Gasteiger partial charge in [0.05, 0.1) is 34.8 Å². The van der Waals surface area contributed by atoms with Crippen LogP contribution in [0.2, 0.25) is 10.0 Å². The van der Waals surface area contributed by atoms with Gasteiger partial charge in [-0.2, -0.15) is 0 Å². The average molecular weight is 595 g/mol. The van der Waals surface area contributed by atoms with E-state index in [0.717, 1.165) is 4.31 Å². The molecule has 0 aromatic heterocycles. The second-order valence-corrected chi connectivity index (χ2v) is 11.1. The summed E-state index contributed by atoms with van der Waals surface area (Å²) in [6.45, 7) is 0.920. The molecule has 0 heterocycles. The van der Waals surface area contributed by atoms with Crippen molar-refractivity contribution < 1.29 is 27.5 Å². The molecule has 39 heavy (non-hydrogen) atoms. The van der Waals surface area contributed by atoms with Crippen molar-refractivity contribution in [2.45, 2.75) is 24.4 Å². The van der Waals surface area contributed by atoms with Crippen molar-refractivity contribution in [2.24, 2.45) is 0 Å². The summed E-state index contributed by atoms with van der Waals surface area (Å²) in [6, 6.07) is 16.2. The van der Waals surface area contributed by atoms with Gasteiger partial charge in [0.2, 0.25) is 11.8 Å². The number of nitrogens with one attached hydrogen (secondary N) is 1. The Hall–Kier alpha value is -3.47. The van der Waals surface area contributed by atoms with E-state index >= 15 is 0 Å². The van der Waals surface area contributed by atoms with Crippen LogP contribution in [-0.2, 0) is 26.2 Å². The zero-order valence-corrected chi connectivity index (χ0v) is 24.2. The van der Waals surface area contributed by atoms with Crippen LogP contribution in [0.15, 0.2) is 71.6 Å². The molecule has 208 valence electrons. The standard InChI is InChI=1S/C27H29Cl2N3O6S/c1-18(27(34)30-2)31(16-19-9-14-22(28)23(29)15-19)26(33)17-32(24-7-5-6-8-25(24)38-4)39(35,36)21-12-10-20(37-3)11-13-21/h5-15,18H,16-17H2,1-4H3,(H,30,34)/t18-/m1/s1. The van der Waals surface area contributed by atoms with Gasteiger partial charge in [-0.15, -0.1) is 0 Å². The van der Waals surface area contributed by atoms with Crippen LogP contribution in [0.4, 0.5) is 5.69 Å². The Labute approximate surface area is 238 Å². The van der Waals surface area contributed by atoms with Gasteiger partial charge in [-0.3, -0.25) is 13.9 Å². The molecule has 9 nitrogen and oxygen atoms in total. The zero-order chi connectivity index (χ0) is 28.7. The first-order valence-corrected chi connectivity index (χ1v) is 14.0. The fourth-order valence-electron chi connectivity index (χ4n) is 3.85. The number of carbonyl (C=O) groups excluding carboxylic acids is 2. The second-order valence-electron chi connectivity index (χ2n) is 8.42. The highest BCUT2D eigenvalue weighted by Gasteiger charge is 2.33. The van der Waals surface area contributed by atoms with Crippen LogP contribution in [0.3, 0.4) is 0 Å². The van der Waals surface area contributed by atoms with E-state index in [9.17, 15) is 18.0 Å². The maximum absolute atomic E-state index is 13.9. The molecule has 3 aromatic rings. The second kappa shape index (κ2) is 13.1. The molecule has 0 aliphatic heterocycles. The van der Waals surface area contributed by atoms with Gasteiger partial charge in [-0.1, -0.05) is 41.4 Å². The first kappa shape index (κ1) is 30.1. The summed E-state index contributed by atoms with van der Waals surface area (Å²) in [5.41, 5.74) is 0.765. The minimum absolute atomic E-state index is 0.0212. The number of sulfonamides is 1. The Morgan fingerprint density at radius 2 is 1.62 bits per heavy atom. The fraction of sp³-hybridized carbons (Fsp3) is 0.259. The number of methoxy groups -OCH3 is 2. The van der Waals surface area contributed by atoms with E-state index in [4.69, 9.17) is 32.7 Å². The third kappa shape index (κ3) is 6.95. The monoisotopic (exact) mass is 593 g/mol. The number of carbonyl (C=O) groups is 2. The number of anilines is 1. The summed E-state index contributed by atoms with van der Waals surface area (Å²) in [4.78, 5) is 27.7. The minimum atomic E-state index is -4.27. The number of nitrogens with zero attached hydrogens (tertiary/aromatic N) is 2. The zero-order valence-electron chi connectivity index (χ0n) is 21.9. The maximum Gasteiger partial charge on any atom is 0.264 e. The van der Waals surface area contributed by atoms with E-state index in [1.54, 1.807) is 49.4 Å². The Morgan fingerprint density at radius 1 is 0.949 bits per heavy atom. The molecule has 0 spiro atoms. The summed E-state index contributed by atoms with van der Waals surface area (Å²) in [5.74, 6) is -0.329. The van der Waals surface area contributed by atoms with Crippen molar-refractivity contribution in [2.75, 3.05) is 32.1 Å². The van der Waals surface area contributed by atoms with Crippen LogP contribution in [0.25, 0.3) is 0 Å². The molecular formula is C27H29Cl2N3O6S. The van der Waals surface area contributed by atoms with Crippen molar-refractivity contribution >= 4 is 50.7 Å². The number of benzene rings is 3. The molecule has 0 bridgehead atoms. The third-order valence-electron chi connectivity index (χ3n) is 6.03. The Balaban J connectivity index is 2.08. The Kier molecular flexibility index (Phi) is 10.1. The van der Waals surface area contributed by atoms with E-state index in [-0.39, 0.29) is 27.9 Å². The first-order chi connectivity index (χ1) is 18.5. The molecule has 0 unspecified atom stereocenters. The van der Waals surface area contributed by atoms with Gasteiger partial charge in [0.25, 0.3) is 10.0 Å². The summed E-state index contributed by atoms with van der Waals surface area (Å²) in [5, 5.41) is 3.16. The van der Waals surface area contributed by atoms with Gasteiger partial charge >= 0.3 is 0 Å². The first-order valence-electron chi connectivity index (χ1n) is 11.8. The molecular weight excluding hydrogens is 565 g/mol. The number of amides is 2. The Bertz CT molecular complexity index is 1430. The summed E-state index contributed by atoms with van der Waals surface area (Å²) in [6.07, 6.45) is 0. The van der Waals surface area contributed by atoms with Crippen LogP contribution in [-0.4, -0.2) is 59.0 Å². The topological polar surface area (TPSA) is 105 Å². The highest BCUT2D eigenvalue weighted by Crippen LogP contribution is 2.33. The molecule has 1 N–H and O–H groups in total. The van der Waals surface area contributed by atoms with E-state index in [1.165, 1.54) is 50.4 Å². The predicted molar refractivity (Wildman–Crippen MR) is 151 cm³/mol. The molecule has 0 aliphatic rings. The van der Waals surface area contributed by atoms with Crippen LogP contribution < -0.4 is 19.1 Å². The van der Waals surface area contributed by atoms with Gasteiger partial charge in [-0.25, -0.2) is 8.42 Å². The molecule has 0 aliphatic carbocycles. The Morgan fingerprint density at radius 3 is 2.21 bits per heavy atom. The number of ether oxygens (including phenoxy) is 2. The number of hydrogen-bond acceptors (Lipinski definition) is 6. The number of likely N-dealkylation sites (N-methyl/N-ethyl adjacent to an activating group) is 1. The minimum Gasteiger partial charge on any atom is -0.497 e. The average Bonchev–Trinajstić information content (AvgIpc) is 2.95. The quantitative estimate of drug-likeness (QED) is 0.354. The molecule has 2 amide bonds. The van der Waals surface area contributed by atoms with Crippen molar-refractivity contribution in [3.05, 3.63) is 82.3 Å². The molecule has 0 saturated heterocycles. The normalized spacial score (nSPS) is 11.8. The number of para-hydroxylation sites is 2. The van der Waals surface area contributed by atoms with Crippen molar-refractivity contribution in [1.29, 1.82) is 0 Å². The highest BCUT2D eigenvalue weighted by atomic mass is 35.5. The number of rotatable bonds is 11. The van der Waals surface area contributed by atoms with Crippen LogP contribution >= 0.6 is 23.2 Å². The van der Waals surface area contributed by atoms with Crippen molar-refractivity contribution in [3.8, 4) is 11.5 Å². The van der Waals surface area contributed by atoms with Crippen LogP contribution in [0.1, 0.15) is 12.5 Å². The predicted octanol–water partition coefficient (Wildman–Crippen LogP) is 4.37. The SMILES string of the molecule is CNC(=O)[C@@H](C)N(Cc1ccc(Cl)c(Cl)c1)C(=O)CN(c1ccccc1OC)S(=O)(=O)c1ccc(OC)cc1. The summed E-state index contributed by atoms with van der Waals surface area (Å²) < 4.78 is 39.3. The molecule has 3 aromatic carbocycles. The molecule has 0 fully saturated rings. The maximum atomic E-state index is 13.9. The van der Waals surface area contributed by atoms with Crippen molar-refractivity contribution in [3.63, 3.8) is 0 Å². The molecule has 1 atom stereocenters. The van der Waals surface area contributed by atoms with Crippen LogP contribution in [0.5, 0.6) is 11.5 Å². The largest absolute Gasteiger partial charge is 0.497 e.